The Morgan fingerprint density at radius 3 is 2.50 bits per heavy atom. The monoisotopic (exact) mass is 330 g/mol. The Hall–Kier alpha value is -2.10. The van der Waals surface area contributed by atoms with Crippen molar-refractivity contribution in [3.05, 3.63) is 75.9 Å². The van der Waals surface area contributed by atoms with E-state index in [0.717, 1.165) is 17.4 Å². The van der Waals surface area contributed by atoms with Crippen molar-refractivity contribution in [2.45, 2.75) is 6.54 Å². The van der Waals surface area contributed by atoms with Crippen molar-refractivity contribution in [3.8, 4) is 11.3 Å². The Morgan fingerprint density at radius 2 is 1.82 bits per heavy atom. The first-order chi connectivity index (χ1) is 10.7. The zero-order valence-electron chi connectivity index (χ0n) is 11.5. The van der Waals surface area contributed by atoms with E-state index in [-0.39, 0.29) is 0 Å². The van der Waals surface area contributed by atoms with E-state index in [2.05, 4.69) is 5.10 Å². The van der Waals surface area contributed by atoms with Crippen LogP contribution in [-0.4, -0.2) is 16.1 Å². The number of nitrogens with zero attached hydrogens (tertiary/aromatic N) is 2. The van der Waals surface area contributed by atoms with Gasteiger partial charge in [0.15, 0.2) is 6.29 Å². The first-order valence-electron chi connectivity index (χ1n) is 6.69. The maximum absolute atomic E-state index is 11.3. The van der Waals surface area contributed by atoms with Crippen LogP contribution in [0.3, 0.4) is 0 Å². The predicted octanol–water partition coefficient (Wildman–Crippen LogP) is 4.72. The summed E-state index contributed by atoms with van der Waals surface area (Å²) in [6.45, 7) is 0.518. The number of carbonyl (C=O) groups excluding carboxylic acids is 1. The van der Waals surface area contributed by atoms with Crippen LogP contribution in [-0.2, 0) is 6.54 Å². The van der Waals surface area contributed by atoms with E-state index in [1.165, 1.54) is 0 Å². The first-order valence-corrected chi connectivity index (χ1v) is 7.45. The maximum Gasteiger partial charge on any atom is 0.153 e. The molecule has 0 fully saturated rings. The van der Waals surface area contributed by atoms with Crippen LogP contribution in [0.15, 0.2) is 54.7 Å². The quantitative estimate of drug-likeness (QED) is 0.649. The van der Waals surface area contributed by atoms with Gasteiger partial charge in [0, 0.05) is 11.8 Å². The molecule has 0 saturated carbocycles. The Balaban J connectivity index is 1.94. The van der Waals surface area contributed by atoms with Crippen LogP contribution in [0.5, 0.6) is 0 Å². The number of carbonyl (C=O) groups is 1. The third-order valence-electron chi connectivity index (χ3n) is 3.29. The van der Waals surface area contributed by atoms with Gasteiger partial charge in [-0.1, -0.05) is 59.6 Å². The summed E-state index contributed by atoms with van der Waals surface area (Å²) in [4.78, 5) is 11.3. The maximum atomic E-state index is 11.3. The van der Waals surface area contributed by atoms with Gasteiger partial charge in [0.05, 0.1) is 22.2 Å². The number of aldehydes is 1. The number of benzene rings is 2. The van der Waals surface area contributed by atoms with Gasteiger partial charge in [-0.05, 0) is 17.7 Å². The van der Waals surface area contributed by atoms with Gasteiger partial charge in [-0.2, -0.15) is 5.10 Å². The van der Waals surface area contributed by atoms with Crippen molar-refractivity contribution in [2.75, 3.05) is 0 Å². The molecule has 0 aliphatic carbocycles. The largest absolute Gasteiger partial charge is 0.298 e. The molecule has 2 aromatic carbocycles. The highest BCUT2D eigenvalue weighted by atomic mass is 35.5. The summed E-state index contributed by atoms with van der Waals surface area (Å²) in [5.74, 6) is 0. The second kappa shape index (κ2) is 6.34. The molecule has 22 heavy (non-hydrogen) atoms. The van der Waals surface area contributed by atoms with E-state index in [0.29, 0.717) is 27.8 Å². The molecule has 0 atom stereocenters. The molecule has 3 nitrogen and oxygen atoms in total. The van der Waals surface area contributed by atoms with Gasteiger partial charge >= 0.3 is 0 Å². The lowest BCUT2D eigenvalue weighted by Crippen LogP contribution is -2.00. The highest BCUT2D eigenvalue weighted by Gasteiger charge is 2.11. The van der Waals surface area contributed by atoms with Gasteiger partial charge < -0.3 is 0 Å². The fourth-order valence-electron chi connectivity index (χ4n) is 2.25. The van der Waals surface area contributed by atoms with Crippen LogP contribution in [0.4, 0.5) is 0 Å². The minimum Gasteiger partial charge on any atom is -0.298 e. The van der Waals surface area contributed by atoms with E-state index in [4.69, 9.17) is 23.2 Å². The Morgan fingerprint density at radius 1 is 1.05 bits per heavy atom. The zero-order valence-corrected chi connectivity index (χ0v) is 13.1. The second-order valence-corrected chi connectivity index (χ2v) is 5.68. The summed E-state index contributed by atoms with van der Waals surface area (Å²) < 4.78 is 1.73. The zero-order chi connectivity index (χ0) is 15.5. The van der Waals surface area contributed by atoms with E-state index in [9.17, 15) is 4.79 Å². The molecule has 0 saturated heterocycles. The fourth-order valence-corrected chi connectivity index (χ4v) is 2.57. The predicted molar refractivity (Wildman–Crippen MR) is 88.6 cm³/mol. The molecular weight excluding hydrogens is 319 g/mol. The molecule has 1 aromatic heterocycles. The fraction of sp³-hybridized carbons (Fsp3) is 0.0588. The van der Waals surface area contributed by atoms with Crippen molar-refractivity contribution in [2.24, 2.45) is 0 Å². The number of aromatic nitrogens is 2. The smallest absolute Gasteiger partial charge is 0.153 e. The lowest BCUT2D eigenvalue weighted by Gasteiger charge is -2.03. The van der Waals surface area contributed by atoms with E-state index >= 15 is 0 Å². The molecule has 3 rings (SSSR count). The van der Waals surface area contributed by atoms with Crippen LogP contribution >= 0.6 is 23.2 Å². The Bertz CT molecular complexity index is 813. The molecule has 5 heteroatoms. The topological polar surface area (TPSA) is 34.9 Å². The minimum absolute atomic E-state index is 0.505. The van der Waals surface area contributed by atoms with E-state index in [1.807, 2.05) is 36.4 Å². The molecule has 110 valence electrons. The molecule has 0 unspecified atom stereocenters. The number of halogens is 2. The minimum atomic E-state index is 0.505. The molecule has 1 heterocycles. The highest BCUT2D eigenvalue weighted by Crippen LogP contribution is 2.24. The van der Waals surface area contributed by atoms with Crippen LogP contribution in [0, 0.1) is 0 Å². The van der Waals surface area contributed by atoms with Gasteiger partial charge in [-0.3, -0.25) is 9.48 Å². The van der Waals surface area contributed by atoms with E-state index < -0.39 is 0 Å². The third-order valence-corrected chi connectivity index (χ3v) is 4.03. The average Bonchev–Trinajstić information content (AvgIpc) is 2.95. The summed E-state index contributed by atoms with van der Waals surface area (Å²) in [7, 11) is 0. The summed E-state index contributed by atoms with van der Waals surface area (Å²) in [5, 5.41) is 5.53. The molecule has 0 aliphatic heterocycles. The van der Waals surface area contributed by atoms with E-state index in [1.54, 1.807) is 23.0 Å². The van der Waals surface area contributed by atoms with Crippen LogP contribution < -0.4 is 0 Å². The summed E-state index contributed by atoms with van der Waals surface area (Å²) in [5.41, 5.74) is 3.12. The van der Waals surface area contributed by atoms with Gasteiger partial charge in [0.25, 0.3) is 0 Å². The second-order valence-electron chi connectivity index (χ2n) is 4.86. The molecule has 3 aromatic rings. The number of rotatable bonds is 4. The third kappa shape index (κ3) is 3.06. The van der Waals surface area contributed by atoms with Crippen molar-refractivity contribution < 1.29 is 4.79 Å². The molecule has 0 spiro atoms. The average molecular weight is 331 g/mol. The van der Waals surface area contributed by atoms with Crippen molar-refractivity contribution in [3.63, 3.8) is 0 Å². The van der Waals surface area contributed by atoms with Crippen molar-refractivity contribution in [1.82, 2.24) is 9.78 Å². The van der Waals surface area contributed by atoms with Crippen LogP contribution in [0.25, 0.3) is 11.3 Å². The SMILES string of the molecule is O=Cc1cn(Cc2ccc(Cl)c(Cl)c2)nc1-c1ccccc1. The Labute approximate surface area is 138 Å². The molecular formula is C17H12Cl2N2O. The highest BCUT2D eigenvalue weighted by molar-refractivity contribution is 6.42. The molecule has 0 radical (unpaired) electrons. The summed E-state index contributed by atoms with van der Waals surface area (Å²) in [6, 6.07) is 15.1. The van der Waals surface area contributed by atoms with Gasteiger partial charge in [-0.15, -0.1) is 0 Å². The summed E-state index contributed by atoms with van der Waals surface area (Å²) >= 11 is 11.9. The standard InChI is InChI=1S/C17H12Cl2N2O/c18-15-7-6-12(8-16(15)19)9-21-10-14(11-22)17(20-21)13-4-2-1-3-5-13/h1-8,10-11H,9H2. The number of hydrogen-bond acceptors (Lipinski definition) is 2. The first kappa shape index (κ1) is 14.8. The lowest BCUT2D eigenvalue weighted by atomic mass is 10.1. The molecule has 0 bridgehead atoms. The van der Waals surface area contributed by atoms with Crippen LogP contribution in [0.1, 0.15) is 15.9 Å². The van der Waals surface area contributed by atoms with Gasteiger partial charge in [0.2, 0.25) is 0 Å². The molecule has 0 N–H and O–H groups in total. The lowest BCUT2D eigenvalue weighted by molar-refractivity contribution is 0.112. The Kier molecular flexibility index (Phi) is 4.27. The van der Waals surface area contributed by atoms with Crippen LogP contribution in [0.2, 0.25) is 10.0 Å². The molecule has 0 amide bonds. The van der Waals surface area contributed by atoms with Gasteiger partial charge in [0.1, 0.15) is 5.69 Å². The van der Waals surface area contributed by atoms with Crippen molar-refractivity contribution >= 4 is 29.5 Å². The van der Waals surface area contributed by atoms with Gasteiger partial charge in [-0.25, -0.2) is 0 Å². The summed E-state index contributed by atoms with van der Waals surface area (Å²) in [6.07, 6.45) is 2.55. The normalized spacial score (nSPS) is 10.6. The molecule has 0 aliphatic rings. The number of hydrogen-bond donors (Lipinski definition) is 0. The van der Waals surface area contributed by atoms with Crippen molar-refractivity contribution in [1.29, 1.82) is 0 Å².